The standard InChI is InChI=1S/C10H10F3NO/c1-2-5-15-9-4-3-7(6-8(9)14)10(11,12)13/h2-4,6H,1,5,14H2. The molecule has 0 aliphatic heterocycles. The van der Waals surface area contributed by atoms with Gasteiger partial charge in [-0.2, -0.15) is 13.2 Å². The van der Waals surface area contributed by atoms with Crippen molar-refractivity contribution in [2.45, 2.75) is 6.18 Å². The van der Waals surface area contributed by atoms with Crippen LogP contribution in [0.25, 0.3) is 0 Å². The van der Waals surface area contributed by atoms with Crippen LogP contribution in [0.15, 0.2) is 30.9 Å². The van der Waals surface area contributed by atoms with E-state index < -0.39 is 11.7 Å². The second kappa shape index (κ2) is 4.25. The van der Waals surface area contributed by atoms with Gasteiger partial charge >= 0.3 is 6.18 Å². The van der Waals surface area contributed by atoms with Gasteiger partial charge in [0, 0.05) is 0 Å². The number of hydrogen-bond donors (Lipinski definition) is 1. The summed E-state index contributed by atoms with van der Waals surface area (Å²) in [6.07, 6.45) is -2.90. The summed E-state index contributed by atoms with van der Waals surface area (Å²) in [7, 11) is 0. The first kappa shape index (κ1) is 11.4. The molecule has 0 unspecified atom stereocenters. The Morgan fingerprint density at radius 1 is 1.40 bits per heavy atom. The van der Waals surface area contributed by atoms with Crippen molar-refractivity contribution in [3.63, 3.8) is 0 Å². The van der Waals surface area contributed by atoms with Crippen LogP contribution in [0.4, 0.5) is 18.9 Å². The van der Waals surface area contributed by atoms with Crippen LogP contribution in [0.5, 0.6) is 5.75 Å². The summed E-state index contributed by atoms with van der Waals surface area (Å²) in [5.41, 5.74) is 4.58. The van der Waals surface area contributed by atoms with E-state index in [2.05, 4.69) is 6.58 Å². The van der Waals surface area contributed by atoms with Crippen molar-refractivity contribution >= 4 is 5.69 Å². The highest BCUT2D eigenvalue weighted by Crippen LogP contribution is 2.33. The number of halogens is 3. The fourth-order valence-corrected chi connectivity index (χ4v) is 1.00. The van der Waals surface area contributed by atoms with Crippen molar-refractivity contribution in [1.82, 2.24) is 0 Å². The van der Waals surface area contributed by atoms with Crippen LogP contribution in [0.2, 0.25) is 0 Å². The number of rotatable bonds is 3. The Morgan fingerprint density at radius 3 is 2.53 bits per heavy atom. The molecule has 0 radical (unpaired) electrons. The quantitative estimate of drug-likeness (QED) is 0.624. The van der Waals surface area contributed by atoms with Crippen LogP contribution >= 0.6 is 0 Å². The van der Waals surface area contributed by atoms with E-state index in [1.165, 1.54) is 12.1 Å². The molecule has 0 atom stereocenters. The number of ether oxygens (including phenoxy) is 1. The van der Waals surface area contributed by atoms with Crippen molar-refractivity contribution in [2.24, 2.45) is 0 Å². The van der Waals surface area contributed by atoms with Gasteiger partial charge < -0.3 is 10.5 Å². The normalized spacial score (nSPS) is 11.1. The Bertz CT molecular complexity index is 360. The van der Waals surface area contributed by atoms with Crippen LogP contribution in [-0.4, -0.2) is 6.61 Å². The van der Waals surface area contributed by atoms with Gasteiger partial charge in [0.1, 0.15) is 12.4 Å². The first-order valence-electron chi connectivity index (χ1n) is 4.15. The molecule has 0 aromatic heterocycles. The second-order valence-corrected chi connectivity index (χ2v) is 2.85. The summed E-state index contributed by atoms with van der Waals surface area (Å²) >= 11 is 0. The van der Waals surface area contributed by atoms with Crippen molar-refractivity contribution in [2.75, 3.05) is 12.3 Å². The number of nitrogen functional groups attached to an aromatic ring is 1. The first-order chi connectivity index (χ1) is 6.95. The average molecular weight is 217 g/mol. The van der Waals surface area contributed by atoms with Gasteiger partial charge in [-0.1, -0.05) is 12.7 Å². The van der Waals surface area contributed by atoms with E-state index in [-0.39, 0.29) is 18.0 Å². The van der Waals surface area contributed by atoms with Crippen LogP contribution in [0.3, 0.4) is 0 Å². The van der Waals surface area contributed by atoms with Gasteiger partial charge in [0.05, 0.1) is 11.3 Å². The zero-order valence-corrected chi connectivity index (χ0v) is 7.84. The van der Waals surface area contributed by atoms with Gasteiger partial charge in [0.25, 0.3) is 0 Å². The number of nitrogens with two attached hydrogens (primary N) is 1. The number of benzene rings is 1. The maximum Gasteiger partial charge on any atom is 0.416 e. The molecule has 0 fully saturated rings. The molecule has 0 bridgehead atoms. The lowest BCUT2D eigenvalue weighted by Crippen LogP contribution is -2.06. The molecule has 5 heteroatoms. The van der Waals surface area contributed by atoms with E-state index in [1.54, 1.807) is 0 Å². The molecule has 15 heavy (non-hydrogen) atoms. The second-order valence-electron chi connectivity index (χ2n) is 2.85. The summed E-state index contributed by atoms with van der Waals surface area (Å²) < 4.78 is 41.8. The SMILES string of the molecule is C=CCOc1ccc(C(F)(F)F)cc1N. The van der Waals surface area contributed by atoms with Crippen molar-refractivity contribution in [3.8, 4) is 5.75 Å². The molecule has 0 heterocycles. The summed E-state index contributed by atoms with van der Waals surface area (Å²) in [6, 6.07) is 2.97. The molecule has 1 aromatic carbocycles. The molecule has 82 valence electrons. The molecule has 2 N–H and O–H groups in total. The topological polar surface area (TPSA) is 35.2 Å². The third-order valence-corrected chi connectivity index (χ3v) is 1.69. The molecule has 1 aromatic rings. The lowest BCUT2D eigenvalue weighted by Gasteiger charge is -2.10. The summed E-state index contributed by atoms with van der Waals surface area (Å²) in [5.74, 6) is 0.225. The van der Waals surface area contributed by atoms with E-state index in [9.17, 15) is 13.2 Å². The smallest absolute Gasteiger partial charge is 0.416 e. The van der Waals surface area contributed by atoms with Gasteiger partial charge in [-0.3, -0.25) is 0 Å². The summed E-state index contributed by atoms with van der Waals surface area (Å²) in [4.78, 5) is 0. The fraction of sp³-hybridized carbons (Fsp3) is 0.200. The molecule has 0 saturated carbocycles. The highest BCUT2D eigenvalue weighted by Gasteiger charge is 2.30. The summed E-state index contributed by atoms with van der Waals surface area (Å²) in [5, 5.41) is 0. The summed E-state index contributed by atoms with van der Waals surface area (Å²) in [6.45, 7) is 3.62. The maximum absolute atomic E-state index is 12.2. The van der Waals surface area contributed by atoms with E-state index >= 15 is 0 Å². The van der Waals surface area contributed by atoms with Crippen LogP contribution < -0.4 is 10.5 Å². The van der Waals surface area contributed by atoms with Gasteiger partial charge in [0.15, 0.2) is 0 Å². The van der Waals surface area contributed by atoms with Crippen molar-refractivity contribution in [1.29, 1.82) is 0 Å². The molecule has 0 saturated heterocycles. The molecule has 2 nitrogen and oxygen atoms in total. The van der Waals surface area contributed by atoms with Crippen molar-refractivity contribution in [3.05, 3.63) is 36.4 Å². The third kappa shape index (κ3) is 2.90. The van der Waals surface area contributed by atoms with E-state index in [0.717, 1.165) is 12.1 Å². The zero-order chi connectivity index (χ0) is 11.5. The molecule has 0 spiro atoms. The predicted octanol–water partition coefficient (Wildman–Crippen LogP) is 2.85. The molecule has 0 amide bonds. The Hall–Kier alpha value is -1.65. The average Bonchev–Trinajstić information content (AvgIpc) is 2.14. The number of anilines is 1. The predicted molar refractivity (Wildman–Crippen MR) is 51.5 cm³/mol. The third-order valence-electron chi connectivity index (χ3n) is 1.69. The lowest BCUT2D eigenvalue weighted by atomic mass is 10.2. The van der Waals surface area contributed by atoms with Gasteiger partial charge in [-0.15, -0.1) is 0 Å². The highest BCUT2D eigenvalue weighted by atomic mass is 19.4. The van der Waals surface area contributed by atoms with E-state index in [1.807, 2.05) is 0 Å². The van der Waals surface area contributed by atoms with Crippen LogP contribution in [0.1, 0.15) is 5.56 Å². The van der Waals surface area contributed by atoms with Gasteiger partial charge in [-0.25, -0.2) is 0 Å². The lowest BCUT2D eigenvalue weighted by molar-refractivity contribution is -0.137. The zero-order valence-electron chi connectivity index (χ0n) is 7.84. The molecule has 0 aliphatic carbocycles. The Balaban J connectivity index is 2.93. The monoisotopic (exact) mass is 217 g/mol. The van der Waals surface area contributed by atoms with Crippen LogP contribution in [0, 0.1) is 0 Å². The molecular formula is C10H10F3NO. The molecule has 0 aliphatic rings. The van der Waals surface area contributed by atoms with Crippen LogP contribution in [-0.2, 0) is 6.18 Å². The minimum atomic E-state index is -4.38. The van der Waals surface area contributed by atoms with E-state index in [4.69, 9.17) is 10.5 Å². The van der Waals surface area contributed by atoms with Crippen molar-refractivity contribution < 1.29 is 17.9 Å². The van der Waals surface area contributed by atoms with E-state index in [0.29, 0.717) is 0 Å². The largest absolute Gasteiger partial charge is 0.487 e. The number of alkyl halides is 3. The molecule has 1 rings (SSSR count). The Morgan fingerprint density at radius 2 is 2.07 bits per heavy atom. The Kier molecular flexibility index (Phi) is 3.24. The molecular weight excluding hydrogens is 207 g/mol. The van der Waals surface area contributed by atoms with Gasteiger partial charge in [0.2, 0.25) is 0 Å². The highest BCUT2D eigenvalue weighted by molar-refractivity contribution is 5.54. The maximum atomic E-state index is 12.2. The first-order valence-corrected chi connectivity index (χ1v) is 4.15. The number of hydrogen-bond acceptors (Lipinski definition) is 2. The Labute approximate surface area is 85.2 Å². The fourth-order valence-electron chi connectivity index (χ4n) is 1.00. The minimum absolute atomic E-state index is 0.0355. The minimum Gasteiger partial charge on any atom is -0.487 e. The van der Waals surface area contributed by atoms with Gasteiger partial charge in [-0.05, 0) is 18.2 Å².